The van der Waals surface area contributed by atoms with Crippen molar-refractivity contribution in [2.75, 3.05) is 0 Å². The maximum atomic E-state index is 3.83. The molecule has 0 amide bonds. The molecule has 0 saturated heterocycles. The predicted octanol–water partition coefficient (Wildman–Crippen LogP) is 5.41. The van der Waals surface area contributed by atoms with Crippen LogP contribution in [-0.4, -0.2) is 0 Å². The Morgan fingerprint density at radius 2 is 1.59 bits per heavy atom. The van der Waals surface area contributed by atoms with Crippen LogP contribution in [-0.2, 0) is 0 Å². The van der Waals surface area contributed by atoms with E-state index < -0.39 is 0 Å². The molecule has 17 heavy (non-hydrogen) atoms. The molecular formula is C17H22. The summed E-state index contributed by atoms with van der Waals surface area (Å²) in [5.41, 5.74) is 4.54. The van der Waals surface area contributed by atoms with Gasteiger partial charge in [0.1, 0.15) is 0 Å². The fourth-order valence-corrected chi connectivity index (χ4v) is 1.02. The molecule has 0 aliphatic rings. The molecule has 1 aromatic rings. The molecule has 0 atom stereocenters. The molecule has 0 N–H and O–H groups in total. The average Bonchev–Trinajstić information content (AvgIpc) is 2.38. The van der Waals surface area contributed by atoms with Crippen molar-refractivity contribution < 1.29 is 0 Å². The van der Waals surface area contributed by atoms with Crippen molar-refractivity contribution in [2.24, 2.45) is 0 Å². The summed E-state index contributed by atoms with van der Waals surface area (Å²) >= 11 is 0. The second-order valence-electron chi connectivity index (χ2n) is 3.85. The van der Waals surface area contributed by atoms with E-state index in [1.54, 1.807) is 6.08 Å². The molecule has 0 spiro atoms. The Labute approximate surface area is 106 Å². The van der Waals surface area contributed by atoms with Gasteiger partial charge in [0.2, 0.25) is 0 Å². The first-order valence-electron chi connectivity index (χ1n) is 5.68. The molecule has 1 rings (SSSR count). The molecule has 0 nitrogen and oxygen atoms in total. The molecule has 0 aliphatic carbocycles. The summed E-state index contributed by atoms with van der Waals surface area (Å²) < 4.78 is 0. The van der Waals surface area contributed by atoms with Crippen LogP contribution in [0.2, 0.25) is 0 Å². The smallest absolute Gasteiger partial charge is 0.0190 e. The minimum absolute atomic E-state index is 0.973. The fourth-order valence-electron chi connectivity index (χ4n) is 1.02. The van der Waals surface area contributed by atoms with E-state index in [1.165, 1.54) is 5.57 Å². The third kappa shape index (κ3) is 6.36. The van der Waals surface area contributed by atoms with E-state index >= 15 is 0 Å². The van der Waals surface area contributed by atoms with E-state index in [1.807, 2.05) is 44.2 Å². The normalized spacial score (nSPS) is 9.94. The van der Waals surface area contributed by atoms with E-state index in [0.717, 1.165) is 16.7 Å². The van der Waals surface area contributed by atoms with Gasteiger partial charge in [-0.25, -0.2) is 0 Å². The monoisotopic (exact) mass is 226 g/mol. The highest BCUT2D eigenvalue weighted by molar-refractivity contribution is 5.71. The predicted molar refractivity (Wildman–Crippen MR) is 79.9 cm³/mol. The van der Waals surface area contributed by atoms with Gasteiger partial charge in [0.15, 0.2) is 0 Å². The van der Waals surface area contributed by atoms with Crippen LogP contribution in [0.5, 0.6) is 0 Å². The summed E-state index contributed by atoms with van der Waals surface area (Å²) in [6, 6.07) is 10.0. The van der Waals surface area contributed by atoms with Crippen molar-refractivity contribution in [2.45, 2.75) is 20.8 Å². The van der Waals surface area contributed by atoms with E-state index in [0.29, 0.717) is 0 Å². The molecule has 0 heterocycles. The Hall–Kier alpha value is -1.82. The lowest BCUT2D eigenvalue weighted by Gasteiger charge is -1.96. The third-order valence-electron chi connectivity index (χ3n) is 2.50. The third-order valence-corrected chi connectivity index (χ3v) is 2.50. The minimum atomic E-state index is 0.973. The van der Waals surface area contributed by atoms with Crippen molar-refractivity contribution in [1.29, 1.82) is 0 Å². The summed E-state index contributed by atoms with van der Waals surface area (Å²) in [5, 5.41) is 0. The van der Waals surface area contributed by atoms with Gasteiger partial charge in [-0.1, -0.05) is 73.4 Å². The van der Waals surface area contributed by atoms with Gasteiger partial charge < -0.3 is 0 Å². The van der Waals surface area contributed by atoms with Crippen LogP contribution >= 0.6 is 0 Å². The second-order valence-corrected chi connectivity index (χ2v) is 3.85. The van der Waals surface area contributed by atoms with Crippen molar-refractivity contribution >= 4 is 5.57 Å². The molecule has 0 heteroatoms. The number of hydrogen-bond donors (Lipinski definition) is 0. The summed E-state index contributed by atoms with van der Waals surface area (Å²) in [4.78, 5) is 0. The standard InChI is InChI=1S/C10H10.C7H12/c1-3-9(2)10-7-5-4-6-8-10;1-5-7(4)6(2)3/h3-8H,1-2H2;5H,2H2,1,3-4H3/b;7-5+. The van der Waals surface area contributed by atoms with Crippen molar-refractivity contribution in [3.63, 3.8) is 0 Å². The summed E-state index contributed by atoms with van der Waals surface area (Å²) in [7, 11) is 0. The molecular weight excluding hydrogens is 204 g/mol. The van der Waals surface area contributed by atoms with Gasteiger partial charge in [-0.2, -0.15) is 0 Å². The average molecular weight is 226 g/mol. The molecule has 0 aromatic heterocycles. The van der Waals surface area contributed by atoms with Crippen molar-refractivity contribution in [1.82, 2.24) is 0 Å². The van der Waals surface area contributed by atoms with E-state index in [2.05, 4.69) is 32.7 Å². The van der Waals surface area contributed by atoms with Gasteiger partial charge in [-0.3, -0.25) is 0 Å². The molecule has 0 radical (unpaired) electrons. The zero-order valence-electron chi connectivity index (χ0n) is 11.2. The van der Waals surface area contributed by atoms with Gasteiger partial charge in [0, 0.05) is 0 Å². The zero-order valence-corrected chi connectivity index (χ0v) is 11.2. The summed E-state index contributed by atoms with van der Waals surface area (Å²) in [5.74, 6) is 0. The minimum Gasteiger partial charge on any atom is -0.0985 e. The SMILES string of the molecule is C=C(C)/C(C)=C/C.C=CC(=C)c1ccccc1. The first-order valence-corrected chi connectivity index (χ1v) is 5.68. The number of rotatable bonds is 3. The highest BCUT2D eigenvalue weighted by atomic mass is 13.9. The first kappa shape index (κ1) is 15.2. The Kier molecular flexibility index (Phi) is 7.45. The van der Waals surface area contributed by atoms with Gasteiger partial charge in [-0.05, 0) is 31.9 Å². The summed E-state index contributed by atoms with van der Waals surface area (Å²) in [6.07, 6.45) is 3.82. The lowest BCUT2D eigenvalue weighted by Crippen LogP contribution is -1.74. The Bertz CT molecular complexity index is 405. The Balaban J connectivity index is 0.000000325. The van der Waals surface area contributed by atoms with E-state index in [4.69, 9.17) is 0 Å². The van der Waals surface area contributed by atoms with Crippen molar-refractivity contribution in [3.8, 4) is 0 Å². The molecule has 1 aromatic carbocycles. The maximum Gasteiger partial charge on any atom is -0.0190 e. The Morgan fingerprint density at radius 1 is 1.06 bits per heavy atom. The molecule has 0 aliphatic heterocycles. The Morgan fingerprint density at radius 3 is 1.88 bits per heavy atom. The highest BCUT2D eigenvalue weighted by Crippen LogP contribution is 2.10. The van der Waals surface area contributed by atoms with Crippen LogP contribution in [0.3, 0.4) is 0 Å². The van der Waals surface area contributed by atoms with Crippen LogP contribution < -0.4 is 0 Å². The highest BCUT2D eigenvalue weighted by Gasteiger charge is 1.88. The lowest BCUT2D eigenvalue weighted by atomic mass is 10.1. The number of benzene rings is 1. The number of allylic oxidation sites excluding steroid dienone is 5. The molecule has 0 saturated carbocycles. The van der Waals surface area contributed by atoms with Crippen LogP contribution in [0.1, 0.15) is 26.3 Å². The van der Waals surface area contributed by atoms with Crippen molar-refractivity contribution in [3.05, 3.63) is 78.9 Å². The van der Waals surface area contributed by atoms with Gasteiger partial charge >= 0.3 is 0 Å². The zero-order chi connectivity index (χ0) is 13.3. The largest absolute Gasteiger partial charge is 0.0985 e. The summed E-state index contributed by atoms with van der Waals surface area (Å²) in [6.45, 7) is 17.3. The van der Waals surface area contributed by atoms with Gasteiger partial charge in [0.05, 0.1) is 0 Å². The topological polar surface area (TPSA) is 0 Å². The van der Waals surface area contributed by atoms with Crippen LogP contribution in [0.4, 0.5) is 0 Å². The molecule has 90 valence electrons. The van der Waals surface area contributed by atoms with Gasteiger partial charge in [0.25, 0.3) is 0 Å². The van der Waals surface area contributed by atoms with Crippen LogP contribution in [0.15, 0.2) is 73.4 Å². The molecule has 0 bridgehead atoms. The molecule has 0 unspecified atom stereocenters. The van der Waals surface area contributed by atoms with Crippen LogP contribution in [0.25, 0.3) is 5.57 Å². The quantitative estimate of drug-likeness (QED) is 0.604. The van der Waals surface area contributed by atoms with E-state index in [9.17, 15) is 0 Å². The lowest BCUT2D eigenvalue weighted by molar-refractivity contribution is 1.34. The van der Waals surface area contributed by atoms with E-state index in [-0.39, 0.29) is 0 Å². The number of hydrogen-bond acceptors (Lipinski definition) is 0. The maximum absolute atomic E-state index is 3.83. The fraction of sp³-hybridized carbons (Fsp3) is 0.176. The first-order chi connectivity index (χ1) is 8.02. The second kappa shape index (κ2) is 8.35. The van der Waals surface area contributed by atoms with Gasteiger partial charge in [-0.15, -0.1) is 0 Å². The molecule has 0 fully saturated rings. The van der Waals surface area contributed by atoms with Crippen LogP contribution in [0, 0.1) is 0 Å².